The lowest BCUT2D eigenvalue weighted by atomic mass is 10.5. The van der Waals surface area contributed by atoms with Crippen molar-refractivity contribution in [2.45, 2.75) is 6.18 Å². The lowest BCUT2D eigenvalue weighted by Gasteiger charge is -2.07. The van der Waals surface area contributed by atoms with Crippen molar-refractivity contribution in [2.24, 2.45) is 0 Å². The van der Waals surface area contributed by atoms with Gasteiger partial charge in [0.15, 0.2) is 6.35 Å². The van der Waals surface area contributed by atoms with Gasteiger partial charge in [-0.25, -0.2) is 0 Å². The molecule has 0 bridgehead atoms. The maximum atomic E-state index is 12.0. The van der Waals surface area contributed by atoms with Crippen LogP contribution in [0.25, 0.3) is 0 Å². The van der Waals surface area contributed by atoms with E-state index in [0.717, 1.165) is 0 Å². The normalized spacial score (nSPS) is 15.1. The molecule has 0 heterocycles. The van der Waals surface area contributed by atoms with Crippen LogP contribution in [0.5, 0.6) is 0 Å². The molecule has 2 N–H and O–H groups in total. The SMILES string of the molecule is O=P(O)(O)CO/C(F)=C(/F)C(F)(F)F. The lowest BCUT2D eigenvalue weighted by Crippen LogP contribution is -2.11. The third-order valence-corrected chi connectivity index (χ3v) is 1.25. The molecule has 0 aromatic carbocycles. The number of ether oxygens (including phenoxy) is 1. The van der Waals surface area contributed by atoms with Crippen LogP contribution in [0.4, 0.5) is 22.0 Å². The fraction of sp³-hybridized carbons (Fsp3) is 0.500. The molecule has 0 atom stereocenters. The van der Waals surface area contributed by atoms with Crippen LogP contribution in [0.15, 0.2) is 11.8 Å². The van der Waals surface area contributed by atoms with Gasteiger partial charge in [-0.05, 0) is 0 Å². The van der Waals surface area contributed by atoms with Gasteiger partial charge in [0.2, 0.25) is 0 Å². The Morgan fingerprint density at radius 2 is 1.71 bits per heavy atom. The molecule has 0 aromatic rings. The van der Waals surface area contributed by atoms with Crippen molar-refractivity contribution in [1.82, 2.24) is 0 Å². The molecule has 0 fully saturated rings. The van der Waals surface area contributed by atoms with Gasteiger partial charge in [0.05, 0.1) is 0 Å². The molecule has 0 saturated carbocycles. The Balaban J connectivity index is 4.48. The van der Waals surface area contributed by atoms with E-state index in [9.17, 15) is 26.5 Å². The highest BCUT2D eigenvalue weighted by Gasteiger charge is 2.39. The molecule has 0 saturated heterocycles. The third-order valence-electron chi connectivity index (χ3n) is 0.781. The summed E-state index contributed by atoms with van der Waals surface area (Å²) >= 11 is 0. The first-order valence-corrected chi connectivity index (χ1v) is 4.63. The number of allylic oxidation sites excluding steroid dienone is 1. The van der Waals surface area contributed by atoms with Crippen molar-refractivity contribution in [3.8, 4) is 0 Å². The van der Waals surface area contributed by atoms with Gasteiger partial charge in [0.1, 0.15) is 0 Å². The third kappa shape index (κ3) is 5.15. The summed E-state index contributed by atoms with van der Waals surface area (Å²) in [5.41, 5.74) is 0. The Hall–Kier alpha value is -0.660. The molecule has 84 valence electrons. The first-order valence-electron chi connectivity index (χ1n) is 2.84. The summed E-state index contributed by atoms with van der Waals surface area (Å²) in [5, 5.41) is 0. The van der Waals surface area contributed by atoms with Gasteiger partial charge in [0, 0.05) is 0 Å². The minimum Gasteiger partial charge on any atom is -0.456 e. The molecule has 0 radical (unpaired) electrons. The van der Waals surface area contributed by atoms with Gasteiger partial charge in [-0.3, -0.25) is 4.57 Å². The average molecular weight is 242 g/mol. The van der Waals surface area contributed by atoms with E-state index in [2.05, 4.69) is 4.74 Å². The molecule has 0 unspecified atom stereocenters. The van der Waals surface area contributed by atoms with Crippen LogP contribution in [0.3, 0.4) is 0 Å². The van der Waals surface area contributed by atoms with E-state index < -0.39 is 32.0 Å². The van der Waals surface area contributed by atoms with E-state index in [1.54, 1.807) is 0 Å². The van der Waals surface area contributed by atoms with Crippen LogP contribution in [-0.2, 0) is 9.30 Å². The largest absolute Gasteiger partial charge is 0.456 e. The molecule has 10 heteroatoms. The summed E-state index contributed by atoms with van der Waals surface area (Å²) in [4.78, 5) is 16.1. The van der Waals surface area contributed by atoms with E-state index in [-0.39, 0.29) is 0 Å². The van der Waals surface area contributed by atoms with Crippen molar-refractivity contribution >= 4 is 7.60 Å². The zero-order valence-corrected chi connectivity index (χ0v) is 7.15. The smallest absolute Gasteiger partial charge is 0.449 e. The van der Waals surface area contributed by atoms with E-state index in [4.69, 9.17) is 9.79 Å². The first kappa shape index (κ1) is 13.3. The van der Waals surface area contributed by atoms with Crippen molar-refractivity contribution in [2.75, 3.05) is 6.35 Å². The van der Waals surface area contributed by atoms with Gasteiger partial charge in [-0.15, -0.1) is 0 Å². The fourth-order valence-electron chi connectivity index (χ4n) is 0.316. The Bertz CT molecular complexity index is 278. The summed E-state index contributed by atoms with van der Waals surface area (Å²) in [6.45, 7) is 0. The summed E-state index contributed by atoms with van der Waals surface area (Å²) in [6, 6.07) is -2.71. The second-order valence-electron chi connectivity index (χ2n) is 2.02. The van der Waals surface area contributed by atoms with E-state index in [0.29, 0.717) is 0 Å². The second kappa shape index (κ2) is 4.24. The predicted molar refractivity (Wildman–Crippen MR) is 33.3 cm³/mol. The van der Waals surface area contributed by atoms with Crippen molar-refractivity contribution in [1.29, 1.82) is 0 Å². The zero-order chi connectivity index (χ0) is 11.6. The van der Waals surface area contributed by atoms with Crippen LogP contribution in [-0.4, -0.2) is 22.3 Å². The molecular formula is C4H4F5O4P. The Kier molecular flexibility index (Phi) is 4.04. The van der Waals surface area contributed by atoms with Crippen LogP contribution < -0.4 is 0 Å². The fourth-order valence-corrected chi connectivity index (χ4v) is 0.597. The maximum absolute atomic E-state index is 12.0. The number of hydrogen-bond donors (Lipinski definition) is 2. The van der Waals surface area contributed by atoms with Crippen LogP contribution in [0.1, 0.15) is 0 Å². The Morgan fingerprint density at radius 1 is 1.29 bits per heavy atom. The highest BCUT2D eigenvalue weighted by Crippen LogP contribution is 2.37. The topological polar surface area (TPSA) is 66.8 Å². The maximum Gasteiger partial charge on any atom is 0.449 e. The molecule has 0 amide bonds. The van der Waals surface area contributed by atoms with Crippen molar-refractivity contribution in [3.05, 3.63) is 11.8 Å². The molecule has 0 spiro atoms. The number of rotatable bonds is 3. The number of hydrogen-bond acceptors (Lipinski definition) is 2. The summed E-state index contributed by atoms with van der Waals surface area (Å²) in [6.07, 6.45) is -7.25. The highest BCUT2D eigenvalue weighted by molar-refractivity contribution is 7.51. The highest BCUT2D eigenvalue weighted by atomic mass is 31.2. The standard InChI is InChI=1S/C4H4F5O4P/c5-2(4(7,8)9)3(6)13-1-14(10,11)12/h1H2,(H2,10,11,12)/b3-2+. The number of halogens is 5. The molecule has 0 aromatic heterocycles. The van der Waals surface area contributed by atoms with Crippen LogP contribution in [0.2, 0.25) is 0 Å². The molecular weight excluding hydrogens is 238 g/mol. The van der Waals surface area contributed by atoms with E-state index in [1.165, 1.54) is 0 Å². The Morgan fingerprint density at radius 3 is 2.00 bits per heavy atom. The molecule has 0 aliphatic carbocycles. The quantitative estimate of drug-likeness (QED) is 0.450. The van der Waals surface area contributed by atoms with E-state index in [1.807, 2.05) is 0 Å². The molecule has 4 nitrogen and oxygen atoms in total. The van der Waals surface area contributed by atoms with E-state index >= 15 is 0 Å². The van der Waals surface area contributed by atoms with Gasteiger partial charge in [-0.1, -0.05) is 0 Å². The second-order valence-corrected chi connectivity index (χ2v) is 3.61. The van der Waals surface area contributed by atoms with Crippen LogP contribution >= 0.6 is 7.60 Å². The van der Waals surface area contributed by atoms with Crippen molar-refractivity contribution in [3.63, 3.8) is 0 Å². The molecule has 0 aliphatic heterocycles. The monoisotopic (exact) mass is 242 g/mol. The minimum absolute atomic E-state index is 1.66. The van der Waals surface area contributed by atoms with Crippen LogP contribution in [0, 0.1) is 0 Å². The Labute approximate surface area is 74.1 Å². The molecule has 0 rings (SSSR count). The van der Waals surface area contributed by atoms with Gasteiger partial charge in [-0.2, -0.15) is 22.0 Å². The zero-order valence-electron chi connectivity index (χ0n) is 6.26. The number of alkyl halides is 3. The summed E-state index contributed by atoms with van der Waals surface area (Å²) in [7, 11) is -4.84. The molecule has 14 heavy (non-hydrogen) atoms. The first-order chi connectivity index (χ1) is 6.04. The van der Waals surface area contributed by atoms with Gasteiger partial charge < -0.3 is 14.5 Å². The van der Waals surface area contributed by atoms with Crippen molar-refractivity contribution < 1.29 is 41.0 Å². The minimum atomic E-state index is -5.58. The average Bonchev–Trinajstić information content (AvgIpc) is 1.95. The summed E-state index contributed by atoms with van der Waals surface area (Å²) < 4.78 is 71.3. The summed E-state index contributed by atoms with van der Waals surface area (Å²) in [5.74, 6) is -3.18. The van der Waals surface area contributed by atoms with Gasteiger partial charge in [0.25, 0.3) is 5.83 Å². The molecule has 0 aliphatic rings. The lowest BCUT2D eigenvalue weighted by molar-refractivity contribution is -0.116. The predicted octanol–water partition coefficient (Wildman–Crippen LogP) is 1.81. The van der Waals surface area contributed by atoms with Gasteiger partial charge >= 0.3 is 19.8 Å².